The SMILES string of the molecule is CC(CN(C)c1ccnc(Cc2ccccc2)n1)C(=O)O. The van der Waals surface area contributed by atoms with E-state index in [-0.39, 0.29) is 0 Å². The summed E-state index contributed by atoms with van der Waals surface area (Å²) in [5.41, 5.74) is 1.15. The maximum Gasteiger partial charge on any atom is 0.308 e. The summed E-state index contributed by atoms with van der Waals surface area (Å²) in [6.07, 6.45) is 2.37. The molecule has 0 aliphatic rings. The molecular weight excluding hydrogens is 266 g/mol. The van der Waals surface area contributed by atoms with Gasteiger partial charge in [-0.1, -0.05) is 37.3 Å². The maximum absolute atomic E-state index is 10.9. The molecule has 2 rings (SSSR count). The summed E-state index contributed by atoms with van der Waals surface area (Å²) in [4.78, 5) is 21.5. The van der Waals surface area contributed by atoms with E-state index in [0.717, 1.165) is 17.2 Å². The van der Waals surface area contributed by atoms with Crippen molar-refractivity contribution in [2.45, 2.75) is 13.3 Å². The number of benzene rings is 1. The Morgan fingerprint density at radius 2 is 2.00 bits per heavy atom. The third-order valence-electron chi connectivity index (χ3n) is 3.26. The van der Waals surface area contributed by atoms with Crippen molar-refractivity contribution in [3.05, 3.63) is 54.0 Å². The number of hydrogen-bond donors (Lipinski definition) is 1. The topological polar surface area (TPSA) is 66.3 Å². The first-order valence-corrected chi connectivity index (χ1v) is 6.86. The van der Waals surface area contributed by atoms with Crippen molar-refractivity contribution in [3.8, 4) is 0 Å². The molecule has 0 bridgehead atoms. The van der Waals surface area contributed by atoms with Crippen molar-refractivity contribution in [1.29, 1.82) is 0 Å². The van der Waals surface area contributed by atoms with Gasteiger partial charge in [-0.25, -0.2) is 9.97 Å². The zero-order valence-electron chi connectivity index (χ0n) is 12.2. The Balaban J connectivity index is 2.08. The fraction of sp³-hybridized carbons (Fsp3) is 0.312. The Morgan fingerprint density at radius 3 is 2.67 bits per heavy atom. The Labute approximate surface area is 124 Å². The molecule has 0 fully saturated rings. The van der Waals surface area contributed by atoms with Crippen LogP contribution >= 0.6 is 0 Å². The van der Waals surface area contributed by atoms with Crippen molar-refractivity contribution in [2.75, 3.05) is 18.5 Å². The normalized spacial score (nSPS) is 11.9. The molecule has 1 aromatic heterocycles. The van der Waals surface area contributed by atoms with Crippen LogP contribution in [0.4, 0.5) is 5.82 Å². The summed E-state index contributed by atoms with van der Waals surface area (Å²) in [6, 6.07) is 11.8. The number of nitrogens with zero attached hydrogens (tertiary/aromatic N) is 3. The first kappa shape index (κ1) is 15.0. The van der Waals surface area contributed by atoms with Gasteiger partial charge in [0.25, 0.3) is 0 Å². The second-order valence-corrected chi connectivity index (χ2v) is 5.11. The number of carboxylic acid groups (broad SMARTS) is 1. The van der Waals surface area contributed by atoms with E-state index < -0.39 is 11.9 Å². The average Bonchev–Trinajstić information content (AvgIpc) is 2.48. The van der Waals surface area contributed by atoms with E-state index in [4.69, 9.17) is 5.11 Å². The highest BCUT2D eigenvalue weighted by Crippen LogP contribution is 2.12. The maximum atomic E-state index is 10.9. The Bertz CT molecular complexity index is 601. The van der Waals surface area contributed by atoms with E-state index in [1.54, 1.807) is 19.2 Å². The summed E-state index contributed by atoms with van der Waals surface area (Å²) in [7, 11) is 1.84. The minimum Gasteiger partial charge on any atom is -0.481 e. The number of carbonyl (C=O) groups is 1. The molecule has 0 saturated carbocycles. The molecule has 0 saturated heterocycles. The lowest BCUT2D eigenvalue weighted by Crippen LogP contribution is -2.29. The van der Waals surface area contributed by atoms with Crippen molar-refractivity contribution in [3.63, 3.8) is 0 Å². The van der Waals surface area contributed by atoms with Gasteiger partial charge < -0.3 is 10.0 Å². The molecule has 21 heavy (non-hydrogen) atoms. The summed E-state index contributed by atoms with van der Waals surface area (Å²) in [5, 5.41) is 8.97. The number of rotatable bonds is 6. The van der Waals surface area contributed by atoms with Crippen LogP contribution in [0.3, 0.4) is 0 Å². The van der Waals surface area contributed by atoms with Gasteiger partial charge in [-0.15, -0.1) is 0 Å². The minimum absolute atomic E-state index is 0.414. The molecule has 1 atom stereocenters. The first-order chi connectivity index (χ1) is 10.1. The van der Waals surface area contributed by atoms with Crippen LogP contribution in [0.5, 0.6) is 0 Å². The van der Waals surface area contributed by atoms with Gasteiger partial charge in [0.1, 0.15) is 11.6 Å². The van der Waals surface area contributed by atoms with E-state index >= 15 is 0 Å². The number of hydrogen-bond acceptors (Lipinski definition) is 4. The zero-order chi connectivity index (χ0) is 15.2. The number of carboxylic acids is 1. The summed E-state index contributed by atoms with van der Waals surface area (Å²) < 4.78 is 0. The van der Waals surface area contributed by atoms with Gasteiger partial charge in [-0.2, -0.15) is 0 Å². The van der Waals surface area contributed by atoms with E-state index in [0.29, 0.717) is 13.0 Å². The van der Waals surface area contributed by atoms with E-state index in [1.165, 1.54) is 0 Å². The second kappa shape index (κ2) is 6.83. The highest BCUT2D eigenvalue weighted by atomic mass is 16.4. The van der Waals surface area contributed by atoms with Crippen molar-refractivity contribution < 1.29 is 9.90 Å². The third kappa shape index (κ3) is 4.27. The predicted octanol–water partition coefficient (Wildman–Crippen LogP) is 2.22. The number of aliphatic carboxylic acids is 1. The number of anilines is 1. The van der Waals surface area contributed by atoms with Crippen molar-refractivity contribution in [2.24, 2.45) is 5.92 Å². The highest BCUT2D eigenvalue weighted by molar-refractivity contribution is 5.70. The lowest BCUT2D eigenvalue weighted by atomic mass is 10.1. The van der Waals surface area contributed by atoms with Crippen LogP contribution in [0, 0.1) is 5.92 Å². The standard InChI is InChI=1S/C16H19N3O2/c1-12(16(20)21)11-19(2)15-8-9-17-14(18-15)10-13-6-4-3-5-7-13/h3-9,12H,10-11H2,1-2H3,(H,20,21). The molecule has 1 N–H and O–H groups in total. The van der Waals surface area contributed by atoms with Crippen LogP contribution in [0.1, 0.15) is 18.3 Å². The summed E-state index contributed by atoms with van der Waals surface area (Å²) in [6.45, 7) is 2.10. The molecule has 5 nitrogen and oxygen atoms in total. The van der Waals surface area contributed by atoms with Crippen LogP contribution in [0.15, 0.2) is 42.6 Å². The molecule has 1 aromatic carbocycles. The highest BCUT2D eigenvalue weighted by Gasteiger charge is 2.15. The quantitative estimate of drug-likeness (QED) is 0.881. The smallest absolute Gasteiger partial charge is 0.308 e. The molecule has 2 aromatic rings. The lowest BCUT2D eigenvalue weighted by Gasteiger charge is -2.20. The van der Waals surface area contributed by atoms with Crippen LogP contribution < -0.4 is 4.90 Å². The first-order valence-electron chi connectivity index (χ1n) is 6.86. The molecule has 0 amide bonds. The van der Waals surface area contributed by atoms with Crippen LogP contribution in [-0.4, -0.2) is 34.6 Å². The van der Waals surface area contributed by atoms with Gasteiger partial charge in [-0.3, -0.25) is 4.79 Å². The van der Waals surface area contributed by atoms with Crippen LogP contribution in [0.2, 0.25) is 0 Å². The van der Waals surface area contributed by atoms with Crippen molar-refractivity contribution in [1.82, 2.24) is 9.97 Å². The number of aromatic nitrogens is 2. The fourth-order valence-corrected chi connectivity index (χ4v) is 2.05. The molecule has 1 unspecified atom stereocenters. The molecule has 110 valence electrons. The predicted molar refractivity (Wildman–Crippen MR) is 81.3 cm³/mol. The largest absolute Gasteiger partial charge is 0.481 e. The summed E-state index contributed by atoms with van der Waals surface area (Å²) in [5.74, 6) is 0.223. The molecular formula is C16H19N3O2. The average molecular weight is 285 g/mol. The van der Waals surface area contributed by atoms with Gasteiger partial charge >= 0.3 is 5.97 Å². The zero-order valence-corrected chi connectivity index (χ0v) is 12.2. The van der Waals surface area contributed by atoms with Crippen LogP contribution in [0.25, 0.3) is 0 Å². The van der Waals surface area contributed by atoms with Gasteiger partial charge in [0.15, 0.2) is 0 Å². The fourth-order valence-electron chi connectivity index (χ4n) is 2.05. The van der Waals surface area contributed by atoms with Gasteiger partial charge in [0.05, 0.1) is 5.92 Å². The second-order valence-electron chi connectivity index (χ2n) is 5.11. The molecule has 0 aliphatic heterocycles. The lowest BCUT2D eigenvalue weighted by molar-refractivity contribution is -0.140. The molecule has 0 radical (unpaired) electrons. The van der Waals surface area contributed by atoms with Gasteiger partial charge in [-0.05, 0) is 11.6 Å². The van der Waals surface area contributed by atoms with E-state index in [2.05, 4.69) is 9.97 Å². The molecule has 1 heterocycles. The molecule has 0 aliphatic carbocycles. The Morgan fingerprint density at radius 1 is 1.29 bits per heavy atom. The Hall–Kier alpha value is -2.43. The third-order valence-corrected chi connectivity index (χ3v) is 3.26. The monoisotopic (exact) mass is 285 g/mol. The molecule has 0 spiro atoms. The minimum atomic E-state index is -0.805. The van der Waals surface area contributed by atoms with E-state index in [1.807, 2.05) is 42.3 Å². The Kier molecular flexibility index (Phi) is 4.87. The van der Waals surface area contributed by atoms with Gasteiger partial charge in [0, 0.05) is 26.2 Å². The summed E-state index contributed by atoms with van der Waals surface area (Å²) >= 11 is 0. The van der Waals surface area contributed by atoms with Gasteiger partial charge in [0.2, 0.25) is 0 Å². The van der Waals surface area contributed by atoms with Crippen LogP contribution in [-0.2, 0) is 11.2 Å². The van der Waals surface area contributed by atoms with E-state index in [9.17, 15) is 4.79 Å². The molecule has 5 heteroatoms. The van der Waals surface area contributed by atoms with Crippen molar-refractivity contribution >= 4 is 11.8 Å².